The van der Waals surface area contributed by atoms with Gasteiger partial charge in [-0.15, -0.1) is 0 Å². The second-order valence-corrected chi connectivity index (χ2v) is 6.39. The Labute approximate surface area is 122 Å². The van der Waals surface area contributed by atoms with Crippen LogP contribution in [0.25, 0.3) is 0 Å². The zero-order chi connectivity index (χ0) is 14.6. The summed E-state index contributed by atoms with van der Waals surface area (Å²) < 4.78 is 11.2. The topological polar surface area (TPSA) is 33.7 Å². The molecule has 0 saturated carbocycles. The zero-order valence-corrected chi connectivity index (χ0v) is 13.0. The van der Waals surface area contributed by atoms with E-state index in [1.807, 2.05) is 6.07 Å². The van der Waals surface area contributed by atoms with E-state index in [4.69, 9.17) is 9.47 Å². The van der Waals surface area contributed by atoms with Crippen LogP contribution in [0.4, 0.5) is 0 Å². The molecular weight excluding hydrogens is 252 g/mol. The molecule has 0 aromatic heterocycles. The van der Waals surface area contributed by atoms with Crippen molar-refractivity contribution in [1.29, 1.82) is 0 Å². The second kappa shape index (κ2) is 6.46. The number of ether oxygens (including phenoxy) is 2. The molecule has 1 heterocycles. The van der Waals surface area contributed by atoms with Crippen LogP contribution in [0, 0.1) is 0 Å². The number of benzene rings is 1. The molecule has 1 aliphatic rings. The summed E-state index contributed by atoms with van der Waals surface area (Å²) in [5, 5.41) is 3.50. The molecule has 0 spiro atoms. The number of hydrogen-bond donors (Lipinski definition) is 1. The molecule has 1 aromatic rings. The SMILES string of the molecule is CN(CCNC(C)(C)C)Cc1ccc2c(c1)OCCO2. The van der Waals surface area contributed by atoms with Crippen molar-refractivity contribution < 1.29 is 9.47 Å². The third-order valence-corrected chi connectivity index (χ3v) is 3.21. The number of nitrogens with one attached hydrogen (secondary N) is 1. The number of hydrogen-bond acceptors (Lipinski definition) is 4. The Hall–Kier alpha value is -1.26. The van der Waals surface area contributed by atoms with Gasteiger partial charge < -0.3 is 19.7 Å². The Morgan fingerprint density at radius 1 is 1.15 bits per heavy atom. The van der Waals surface area contributed by atoms with E-state index in [0.29, 0.717) is 13.2 Å². The molecule has 4 nitrogen and oxygen atoms in total. The minimum absolute atomic E-state index is 0.178. The van der Waals surface area contributed by atoms with Gasteiger partial charge in [0.05, 0.1) is 0 Å². The number of rotatable bonds is 5. The largest absolute Gasteiger partial charge is 0.486 e. The smallest absolute Gasteiger partial charge is 0.161 e. The van der Waals surface area contributed by atoms with E-state index in [0.717, 1.165) is 31.1 Å². The van der Waals surface area contributed by atoms with E-state index in [2.05, 4.69) is 50.2 Å². The van der Waals surface area contributed by atoms with Gasteiger partial charge in [0.15, 0.2) is 11.5 Å². The summed E-state index contributed by atoms with van der Waals surface area (Å²) in [5.41, 5.74) is 1.44. The fourth-order valence-electron chi connectivity index (χ4n) is 2.20. The van der Waals surface area contributed by atoms with Gasteiger partial charge >= 0.3 is 0 Å². The van der Waals surface area contributed by atoms with Crippen LogP contribution in [0.2, 0.25) is 0 Å². The predicted molar refractivity (Wildman–Crippen MR) is 81.5 cm³/mol. The average Bonchev–Trinajstić information content (AvgIpc) is 2.37. The molecule has 1 aliphatic heterocycles. The van der Waals surface area contributed by atoms with Crippen molar-refractivity contribution in [3.63, 3.8) is 0 Å². The molecule has 0 unspecified atom stereocenters. The Balaban J connectivity index is 1.83. The molecule has 112 valence electrons. The first-order valence-corrected chi connectivity index (χ1v) is 7.26. The third kappa shape index (κ3) is 4.69. The normalized spacial score (nSPS) is 14.7. The lowest BCUT2D eigenvalue weighted by atomic mass is 10.1. The molecular formula is C16H26N2O2. The van der Waals surface area contributed by atoms with Crippen molar-refractivity contribution in [3.05, 3.63) is 23.8 Å². The van der Waals surface area contributed by atoms with E-state index in [9.17, 15) is 0 Å². The van der Waals surface area contributed by atoms with Gasteiger partial charge in [-0.3, -0.25) is 0 Å². The van der Waals surface area contributed by atoms with Gasteiger partial charge in [-0.05, 0) is 45.5 Å². The summed E-state index contributed by atoms with van der Waals surface area (Å²) in [7, 11) is 2.14. The van der Waals surface area contributed by atoms with E-state index < -0.39 is 0 Å². The van der Waals surface area contributed by atoms with Crippen LogP contribution in [0.15, 0.2) is 18.2 Å². The van der Waals surface area contributed by atoms with Gasteiger partial charge in [-0.25, -0.2) is 0 Å². The molecule has 0 bridgehead atoms. The number of fused-ring (bicyclic) bond motifs is 1. The summed E-state index contributed by atoms with van der Waals surface area (Å²) in [4.78, 5) is 2.31. The third-order valence-electron chi connectivity index (χ3n) is 3.21. The summed E-state index contributed by atoms with van der Waals surface area (Å²) in [6.45, 7) is 10.8. The van der Waals surface area contributed by atoms with Crippen LogP contribution in [0.5, 0.6) is 11.5 Å². The van der Waals surface area contributed by atoms with Crippen LogP contribution in [-0.4, -0.2) is 43.8 Å². The highest BCUT2D eigenvalue weighted by Crippen LogP contribution is 2.30. The van der Waals surface area contributed by atoms with Crippen molar-refractivity contribution in [3.8, 4) is 11.5 Å². The highest BCUT2D eigenvalue weighted by molar-refractivity contribution is 5.43. The maximum atomic E-state index is 5.62. The molecule has 4 heteroatoms. The van der Waals surface area contributed by atoms with E-state index in [1.54, 1.807) is 0 Å². The summed E-state index contributed by atoms with van der Waals surface area (Å²) in [6, 6.07) is 6.20. The van der Waals surface area contributed by atoms with Crippen molar-refractivity contribution in [1.82, 2.24) is 10.2 Å². The quantitative estimate of drug-likeness (QED) is 0.896. The fraction of sp³-hybridized carbons (Fsp3) is 0.625. The molecule has 0 fully saturated rings. The van der Waals surface area contributed by atoms with Gasteiger partial charge in [0.25, 0.3) is 0 Å². The lowest BCUT2D eigenvalue weighted by molar-refractivity contribution is 0.171. The average molecular weight is 278 g/mol. The monoisotopic (exact) mass is 278 g/mol. The Kier molecular flexibility index (Phi) is 4.89. The minimum atomic E-state index is 0.178. The van der Waals surface area contributed by atoms with Crippen LogP contribution >= 0.6 is 0 Å². The summed E-state index contributed by atoms with van der Waals surface area (Å²) in [5.74, 6) is 1.73. The van der Waals surface area contributed by atoms with Gasteiger partial charge in [0, 0.05) is 25.2 Å². The molecule has 20 heavy (non-hydrogen) atoms. The van der Waals surface area contributed by atoms with E-state index in [-0.39, 0.29) is 5.54 Å². The van der Waals surface area contributed by atoms with Crippen molar-refractivity contribution in [2.75, 3.05) is 33.4 Å². The van der Waals surface area contributed by atoms with Gasteiger partial charge in [0.2, 0.25) is 0 Å². The molecule has 1 N–H and O–H groups in total. The Bertz CT molecular complexity index is 441. The van der Waals surface area contributed by atoms with Crippen molar-refractivity contribution >= 4 is 0 Å². The van der Waals surface area contributed by atoms with E-state index >= 15 is 0 Å². The first-order valence-electron chi connectivity index (χ1n) is 7.26. The molecule has 0 atom stereocenters. The summed E-state index contributed by atoms with van der Waals surface area (Å²) in [6.07, 6.45) is 0. The van der Waals surface area contributed by atoms with Crippen molar-refractivity contribution in [2.24, 2.45) is 0 Å². The first-order chi connectivity index (χ1) is 9.44. The standard InChI is InChI=1S/C16H26N2O2/c1-16(2,3)17-7-8-18(4)12-13-5-6-14-15(11-13)20-10-9-19-14/h5-6,11,17H,7-10,12H2,1-4H3. The minimum Gasteiger partial charge on any atom is -0.486 e. The molecule has 0 saturated heterocycles. The van der Waals surface area contributed by atoms with Crippen LogP contribution in [0.1, 0.15) is 26.3 Å². The molecule has 0 radical (unpaired) electrons. The predicted octanol–water partition coefficient (Wildman–Crippen LogP) is 2.28. The van der Waals surface area contributed by atoms with Gasteiger partial charge in [-0.2, -0.15) is 0 Å². The molecule has 2 rings (SSSR count). The zero-order valence-electron chi connectivity index (χ0n) is 13.0. The highest BCUT2D eigenvalue weighted by atomic mass is 16.6. The lowest BCUT2D eigenvalue weighted by Crippen LogP contribution is -2.40. The van der Waals surface area contributed by atoms with Crippen LogP contribution in [0.3, 0.4) is 0 Å². The molecule has 1 aromatic carbocycles. The molecule has 0 aliphatic carbocycles. The van der Waals surface area contributed by atoms with Gasteiger partial charge in [0.1, 0.15) is 13.2 Å². The maximum Gasteiger partial charge on any atom is 0.161 e. The van der Waals surface area contributed by atoms with Crippen molar-refractivity contribution in [2.45, 2.75) is 32.9 Å². The second-order valence-electron chi connectivity index (χ2n) is 6.39. The fourth-order valence-corrected chi connectivity index (χ4v) is 2.20. The van der Waals surface area contributed by atoms with Crippen LogP contribution in [-0.2, 0) is 6.54 Å². The number of nitrogens with zero attached hydrogens (tertiary/aromatic N) is 1. The first kappa shape index (κ1) is 15.1. The van der Waals surface area contributed by atoms with E-state index in [1.165, 1.54) is 5.56 Å². The Morgan fingerprint density at radius 2 is 1.85 bits per heavy atom. The highest BCUT2D eigenvalue weighted by Gasteiger charge is 2.13. The Morgan fingerprint density at radius 3 is 2.55 bits per heavy atom. The maximum absolute atomic E-state index is 5.62. The van der Waals surface area contributed by atoms with Gasteiger partial charge in [-0.1, -0.05) is 6.07 Å². The summed E-state index contributed by atoms with van der Waals surface area (Å²) >= 11 is 0. The lowest BCUT2D eigenvalue weighted by Gasteiger charge is -2.24. The molecule has 0 amide bonds. The number of likely N-dealkylation sites (N-methyl/N-ethyl adjacent to an activating group) is 1. The van der Waals surface area contributed by atoms with Crippen LogP contribution < -0.4 is 14.8 Å².